The molecule has 7 nitrogen and oxygen atoms in total. The second-order valence-corrected chi connectivity index (χ2v) is 8.17. The van der Waals surface area contributed by atoms with Crippen LogP contribution in [0.1, 0.15) is 27.2 Å². The Morgan fingerprint density at radius 3 is 2.62 bits per heavy atom. The van der Waals surface area contributed by atoms with E-state index < -0.39 is 18.0 Å². The number of hydrogen-bond donors (Lipinski definition) is 3. The summed E-state index contributed by atoms with van der Waals surface area (Å²) in [6, 6.07) is -0.256. The Kier molecular flexibility index (Phi) is 4.37. The van der Waals surface area contributed by atoms with Crippen molar-refractivity contribution in [1.82, 2.24) is 9.80 Å². The third kappa shape index (κ3) is 2.52. The van der Waals surface area contributed by atoms with E-state index >= 15 is 0 Å². The van der Waals surface area contributed by atoms with Gasteiger partial charge in [-0.05, 0) is 20.3 Å². The summed E-state index contributed by atoms with van der Waals surface area (Å²) in [7, 11) is 0. The predicted octanol–water partition coefficient (Wildman–Crippen LogP) is 0.945. The van der Waals surface area contributed by atoms with Crippen LogP contribution in [0.4, 0.5) is 0 Å². The summed E-state index contributed by atoms with van der Waals surface area (Å²) in [5, 5.41) is 27.4. The van der Waals surface area contributed by atoms with Crippen molar-refractivity contribution >= 4 is 29.5 Å². The van der Waals surface area contributed by atoms with Crippen LogP contribution in [0.3, 0.4) is 0 Å². The smallest absolute Gasteiger partial charge is 0.353 e. The van der Waals surface area contributed by atoms with Gasteiger partial charge in [-0.1, -0.05) is 6.92 Å². The summed E-state index contributed by atoms with van der Waals surface area (Å²) in [6.45, 7) is 6.80. The molecule has 0 saturated carbocycles. The fourth-order valence-corrected chi connectivity index (χ4v) is 5.48. The minimum Gasteiger partial charge on any atom is -0.477 e. The zero-order chi connectivity index (χ0) is 17.8. The molecule has 132 valence electrons. The molecular formula is C16H23N3O4S. The molecule has 3 aliphatic heterocycles. The highest BCUT2D eigenvalue weighted by Crippen LogP contribution is 2.51. The molecule has 3 aliphatic rings. The van der Waals surface area contributed by atoms with Crippen molar-refractivity contribution in [2.45, 2.75) is 44.6 Å². The van der Waals surface area contributed by atoms with Gasteiger partial charge in [-0.25, -0.2) is 4.79 Å². The summed E-state index contributed by atoms with van der Waals surface area (Å²) in [5.41, 5.74) is 0.0874. The topological polar surface area (TPSA) is 105 Å². The number of carbonyl (C=O) groups excluding carboxylic acids is 1. The first-order chi connectivity index (χ1) is 11.2. The van der Waals surface area contributed by atoms with E-state index in [9.17, 15) is 19.8 Å². The first-order valence-electron chi connectivity index (χ1n) is 8.19. The lowest BCUT2D eigenvalue weighted by Gasteiger charge is -2.46. The van der Waals surface area contributed by atoms with Gasteiger partial charge in [-0.15, -0.1) is 11.8 Å². The van der Waals surface area contributed by atoms with Crippen LogP contribution < -0.4 is 0 Å². The highest BCUT2D eigenvalue weighted by molar-refractivity contribution is 8.03. The van der Waals surface area contributed by atoms with E-state index in [1.54, 1.807) is 13.8 Å². The predicted molar refractivity (Wildman–Crippen MR) is 90.6 cm³/mol. The number of amides is 1. The lowest BCUT2D eigenvalue weighted by molar-refractivity contribution is -0.163. The number of nitrogens with zero attached hydrogens (tertiary/aromatic N) is 2. The molecule has 5 atom stereocenters. The van der Waals surface area contributed by atoms with Gasteiger partial charge in [0.05, 0.1) is 23.9 Å². The molecule has 1 amide bonds. The molecule has 0 aromatic carbocycles. The molecule has 0 spiro atoms. The van der Waals surface area contributed by atoms with Crippen molar-refractivity contribution in [3.8, 4) is 0 Å². The van der Waals surface area contributed by atoms with Crippen molar-refractivity contribution in [3.05, 3.63) is 10.6 Å². The number of carboxylic acid groups (broad SMARTS) is 1. The molecule has 0 aliphatic carbocycles. The maximum atomic E-state index is 12.3. The van der Waals surface area contributed by atoms with E-state index in [4.69, 9.17) is 5.41 Å². The summed E-state index contributed by atoms with van der Waals surface area (Å²) in [4.78, 5) is 28.1. The van der Waals surface area contributed by atoms with Crippen molar-refractivity contribution in [3.63, 3.8) is 0 Å². The van der Waals surface area contributed by atoms with Crippen LogP contribution in [0.15, 0.2) is 10.6 Å². The van der Waals surface area contributed by atoms with Gasteiger partial charge in [0.15, 0.2) is 0 Å². The molecule has 0 aromatic heterocycles. The zero-order valence-corrected chi connectivity index (χ0v) is 14.8. The lowest BCUT2D eigenvalue weighted by Crippen LogP contribution is -2.63. The number of β-lactam (4-membered cyclic amide) rings is 1. The molecule has 2 fully saturated rings. The number of nitrogens with one attached hydrogen (secondary N) is 1. The molecule has 0 bridgehead atoms. The van der Waals surface area contributed by atoms with E-state index in [0.717, 1.165) is 24.4 Å². The number of carbonyl (C=O) groups is 2. The number of carboxylic acids is 1. The van der Waals surface area contributed by atoms with Crippen molar-refractivity contribution in [2.75, 3.05) is 13.1 Å². The van der Waals surface area contributed by atoms with Crippen LogP contribution in [0, 0.1) is 17.2 Å². The third-order valence-electron chi connectivity index (χ3n) is 5.22. The van der Waals surface area contributed by atoms with E-state index in [1.165, 1.54) is 16.7 Å². The van der Waals surface area contributed by atoms with Crippen molar-refractivity contribution in [1.29, 1.82) is 5.41 Å². The van der Waals surface area contributed by atoms with Crippen LogP contribution in [0.2, 0.25) is 0 Å². The molecule has 2 saturated heterocycles. The van der Waals surface area contributed by atoms with Crippen LogP contribution >= 0.6 is 11.8 Å². The Labute approximate surface area is 145 Å². The summed E-state index contributed by atoms with van der Waals surface area (Å²) < 4.78 is 0. The second-order valence-electron chi connectivity index (χ2n) is 6.83. The highest BCUT2D eigenvalue weighted by atomic mass is 32.2. The molecule has 0 radical (unpaired) electrons. The normalized spacial score (nSPS) is 33.6. The number of aliphatic hydroxyl groups is 1. The molecule has 8 heteroatoms. The average Bonchev–Trinajstić information content (AvgIpc) is 3.03. The van der Waals surface area contributed by atoms with Crippen LogP contribution in [-0.4, -0.2) is 68.2 Å². The third-order valence-corrected chi connectivity index (χ3v) is 6.76. The molecule has 3 rings (SSSR count). The standard InChI is InChI=1S/C16H23N3O4S/c1-7-12-11(8(2)20)15(21)19(12)13(16(22)23)14(7)24-10-4-5-18(6-10)9(3)17/h7-8,10-12,17,20H,4-6H2,1-3H3,(H,22,23)/t7-,8+,10?,11-,12+/m0/s1. The fourth-order valence-electron chi connectivity index (χ4n) is 3.99. The number of likely N-dealkylation sites (tertiary alicyclic amines) is 1. The summed E-state index contributed by atoms with van der Waals surface area (Å²) in [6.07, 6.45) is 0.116. The van der Waals surface area contributed by atoms with E-state index in [1.807, 2.05) is 11.8 Å². The summed E-state index contributed by atoms with van der Waals surface area (Å²) in [5.74, 6) is -1.45. The van der Waals surface area contributed by atoms with Gasteiger partial charge in [0.1, 0.15) is 5.70 Å². The SMILES string of the molecule is CC(=N)N1CCC(SC2=C(C(=O)O)N3C(=O)[C@@H]([C@@H](C)O)[C@H]3[C@@H]2C)C1. The minimum atomic E-state index is -1.08. The van der Waals surface area contributed by atoms with Gasteiger partial charge in [0.25, 0.3) is 0 Å². The van der Waals surface area contributed by atoms with Gasteiger partial charge < -0.3 is 20.0 Å². The number of aliphatic hydroxyl groups excluding tert-OH is 1. The fraction of sp³-hybridized carbons (Fsp3) is 0.688. The van der Waals surface area contributed by atoms with Gasteiger partial charge in [-0.3, -0.25) is 10.2 Å². The van der Waals surface area contributed by atoms with Crippen molar-refractivity contribution in [2.24, 2.45) is 11.8 Å². The molecular weight excluding hydrogens is 330 g/mol. The first kappa shape index (κ1) is 17.3. The van der Waals surface area contributed by atoms with Gasteiger partial charge in [-0.2, -0.15) is 0 Å². The Balaban J connectivity index is 1.83. The highest BCUT2D eigenvalue weighted by Gasteiger charge is 2.60. The number of fused-ring (bicyclic) bond motifs is 1. The van der Waals surface area contributed by atoms with Gasteiger partial charge >= 0.3 is 5.97 Å². The Morgan fingerprint density at radius 1 is 1.46 bits per heavy atom. The zero-order valence-electron chi connectivity index (χ0n) is 14.0. The molecule has 0 aromatic rings. The lowest BCUT2D eigenvalue weighted by atomic mass is 9.79. The number of thioether (sulfide) groups is 1. The Bertz CT molecular complexity index is 633. The molecule has 3 N–H and O–H groups in total. The van der Waals surface area contributed by atoms with Crippen LogP contribution in [0.25, 0.3) is 0 Å². The maximum Gasteiger partial charge on any atom is 0.353 e. The number of aliphatic carboxylic acids is 1. The Morgan fingerprint density at radius 2 is 2.12 bits per heavy atom. The Hall–Kier alpha value is -1.54. The number of rotatable bonds is 4. The van der Waals surface area contributed by atoms with E-state index in [0.29, 0.717) is 5.84 Å². The largest absolute Gasteiger partial charge is 0.477 e. The maximum absolute atomic E-state index is 12.3. The molecule has 3 heterocycles. The molecule has 24 heavy (non-hydrogen) atoms. The summed E-state index contributed by atoms with van der Waals surface area (Å²) >= 11 is 1.53. The first-order valence-corrected chi connectivity index (χ1v) is 9.07. The van der Waals surface area contributed by atoms with Crippen molar-refractivity contribution < 1.29 is 19.8 Å². The molecule has 1 unspecified atom stereocenters. The second kappa shape index (κ2) is 6.07. The quantitative estimate of drug-likeness (QED) is 0.395. The van der Waals surface area contributed by atoms with Crippen LogP contribution in [-0.2, 0) is 9.59 Å². The number of amidine groups is 1. The van der Waals surface area contributed by atoms with Crippen LogP contribution in [0.5, 0.6) is 0 Å². The van der Waals surface area contributed by atoms with Gasteiger partial charge in [0, 0.05) is 29.2 Å². The van der Waals surface area contributed by atoms with E-state index in [-0.39, 0.29) is 28.8 Å². The van der Waals surface area contributed by atoms with Gasteiger partial charge in [0.2, 0.25) is 5.91 Å². The minimum absolute atomic E-state index is 0.0874. The van der Waals surface area contributed by atoms with E-state index in [2.05, 4.69) is 0 Å². The average molecular weight is 353 g/mol. The number of hydrogen-bond acceptors (Lipinski definition) is 5. The monoisotopic (exact) mass is 353 g/mol.